The van der Waals surface area contributed by atoms with Gasteiger partial charge in [-0.05, 0) is 12.0 Å². The lowest BCUT2D eigenvalue weighted by molar-refractivity contribution is -0.136. The van der Waals surface area contributed by atoms with Crippen molar-refractivity contribution in [1.29, 1.82) is 0 Å². The normalized spacial score (nSPS) is 13.6. The molecule has 1 aromatic rings. The number of hydrogen-bond donors (Lipinski definition) is 2. The molecule has 0 radical (unpaired) electrons. The van der Waals surface area contributed by atoms with Crippen molar-refractivity contribution in [3.8, 4) is 0 Å². The molecule has 5 nitrogen and oxygen atoms in total. The highest BCUT2D eigenvalue weighted by Crippen LogP contribution is 2.09. The van der Waals surface area contributed by atoms with E-state index < -0.39 is 27.9 Å². The van der Waals surface area contributed by atoms with Crippen LogP contribution in [0.1, 0.15) is 5.56 Å². The molecule has 1 rings (SSSR count). The quantitative estimate of drug-likeness (QED) is 0.771. The Morgan fingerprint density at radius 3 is 2.44 bits per heavy atom. The number of carboxylic acid groups (broad SMARTS) is 1. The number of carbonyl (C=O) groups excluding carboxylic acids is 1. The molecule has 2 atom stereocenters. The zero-order valence-electron chi connectivity index (χ0n) is 9.96. The minimum absolute atomic E-state index is 0.153. The van der Waals surface area contributed by atoms with Crippen LogP contribution in [0.2, 0.25) is 0 Å². The summed E-state index contributed by atoms with van der Waals surface area (Å²) in [6.07, 6.45) is 0.153. The molecule has 0 aromatic heterocycles. The number of amides is 1. The molecule has 98 valence electrons. The van der Waals surface area contributed by atoms with E-state index in [-0.39, 0.29) is 12.2 Å². The Hall–Kier alpha value is -1.69. The van der Waals surface area contributed by atoms with Crippen molar-refractivity contribution in [2.45, 2.75) is 11.7 Å². The summed E-state index contributed by atoms with van der Waals surface area (Å²) in [5.41, 5.74) is 0.787. The Kier molecular flexibility index (Phi) is 5.51. The Balaban J connectivity index is 2.74. The highest BCUT2D eigenvalue weighted by atomic mass is 32.2. The van der Waals surface area contributed by atoms with Crippen LogP contribution in [0.5, 0.6) is 0 Å². The highest BCUT2D eigenvalue weighted by Gasteiger charge is 2.26. The number of hydrogen-bond acceptors (Lipinski definition) is 3. The number of carbonyl (C=O) groups is 2. The second-order valence-corrected chi connectivity index (χ2v) is 5.33. The minimum atomic E-state index is -1.73. The van der Waals surface area contributed by atoms with Gasteiger partial charge in [-0.25, -0.2) is 0 Å². The smallest absolute Gasteiger partial charge is 0.319 e. The molecule has 0 heterocycles. The van der Waals surface area contributed by atoms with E-state index in [9.17, 15) is 13.8 Å². The maximum atomic E-state index is 11.8. The summed E-state index contributed by atoms with van der Waals surface area (Å²) in [6.45, 7) is 0. The van der Waals surface area contributed by atoms with Gasteiger partial charge < -0.3 is 10.4 Å². The van der Waals surface area contributed by atoms with Crippen molar-refractivity contribution in [1.82, 2.24) is 5.32 Å². The minimum Gasteiger partial charge on any atom is -0.480 e. The fourth-order valence-electron chi connectivity index (χ4n) is 1.42. The van der Waals surface area contributed by atoms with Crippen LogP contribution in [0.4, 0.5) is 0 Å². The van der Waals surface area contributed by atoms with Crippen LogP contribution in [0.15, 0.2) is 30.3 Å². The number of nitrogens with one attached hydrogen (secondary N) is 1. The first kappa shape index (κ1) is 14.4. The van der Waals surface area contributed by atoms with Crippen LogP contribution in [-0.2, 0) is 26.8 Å². The molecule has 0 bridgehead atoms. The van der Waals surface area contributed by atoms with E-state index in [1.807, 2.05) is 6.07 Å². The monoisotopic (exact) mass is 269 g/mol. The Labute approximate surface area is 108 Å². The summed E-state index contributed by atoms with van der Waals surface area (Å²) >= 11 is 0. The van der Waals surface area contributed by atoms with Gasteiger partial charge in [-0.3, -0.25) is 13.8 Å². The number of carboxylic acids is 1. The van der Waals surface area contributed by atoms with E-state index in [0.29, 0.717) is 0 Å². The molecule has 0 fully saturated rings. The lowest BCUT2D eigenvalue weighted by Crippen LogP contribution is -2.34. The molecule has 18 heavy (non-hydrogen) atoms. The van der Waals surface area contributed by atoms with Crippen LogP contribution >= 0.6 is 0 Å². The Bertz CT molecular complexity index is 447. The lowest BCUT2D eigenvalue weighted by atomic mass is 10.1. The molecular weight excluding hydrogens is 254 g/mol. The van der Waals surface area contributed by atoms with Gasteiger partial charge in [-0.15, -0.1) is 0 Å². The molecule has 0 aliphatic heterocycles. The van der Waals surface area contributed by atoms with Crippen molar-refractivity contribution in [2.75, 3.05) is 12.8 Å². The first-order valence-electron chi connectivity index (χ1n) is 5.39. The number of rotatable bonds is 6. The first-order valence-corrected chi connectivity index (χ1v) is 6.77. The summed E-state index contributed by atoms with van der Waals surface area (Å²) in [4.78, 5) is 22.2. The Morgan fingerprint density at radius 1 is 1.33 bits per heavy atom. The van der Waals surface area contributed by atoms with E-state index in [1.54, 1.807) is 24.3 Å². The van der Waals surface area contributed by atoms with Crippen LogP contribution < -0.4 is 5.32 Å². The average molecular weight is 269 g/mol. The van der Waals surface area contributed by atoms with Gasteiger partial charge in [0.05, 0.1) is 0 Å². The zero-order valence-corrected chi connectivity index (χ0v) is 10.8. The van der Waals surface area contributed by atoms with Gasteiger partial charge >= 0.3 is 5.97 Å². The predicted molar refractivity (Wildman–Crippen MR) is 68.6 cm³/mol. The summed E-state index contributed by atoms with van der Waals surface area (Å²) in [5.74, 6) is -1.87. The van der Waals surface area contributed by atoms with Crippen LogP contribution in [0, 0.1) is 0 Å². The van der Waals surface area contributed by atoms with E-state index in [0.717, 1.165) is 5.56 Å². The lowest BCUT2D eigenvalue weighted by Gasteiger charge is -2.11. The molecule has 2 unspecified atom stereocenters. The summed E-state index contributed by atoms with van der Waals surface area (Å²) in [6, 6.07) is 8.94. The fraction of sp³-hybridized carbons (Fsp3) is 0.333. The molecule has 0 saturated carbocycles. The van der Waals surface area contributed by atoms with E-state index >= 15 is 0 Å². The van der Waals surface area contributed by atoms with Crippen LogP contribution in [0.25, 0.3) is 0 Å². The molecule has 6 heteroatoms. The summed E-state index contributed by atoms with van der Waals surface area (Å²) in [7, 11) is -0.307. The van der Waals surface area contributed by atoms with Gasteiger partial charge in [-0.2, -0.15) is 0 Å². The van der Waals surface area contributed by atoms with E-state index in [2.05, 4.69) is 5.32 Å². The third-order valence-corrected chi connectivity index (χ3v) is 3.96. The van der Waals surface area contributed by atoms with Crippen molar-refractivity contribution >= 4 is 22.7 Å². The first-order chi connectivity index (χ1) is 8.54. The fourth-order valence-corrected chi connectivity index (χ4v) is 2.63. The molecule has 1 amide bonds. The molecular formula is C12H15NO4S. The van der Waals surface area contributed by atoms with E-state index in [4.69, 9.17) is 5.11 Å². The SMILES string of the molecule is CNC(=O)CS(=O)C(Cc1ccccc1)C(=O)O. The average Bonchev–Trinajstić information content (AvgIpc) is 2.36. The summed E-state index contributed by atoms with van der Waals surface area (Å²) in [5, 5.41) is 10.3. The van der Waals surface area contributed by atoms with Crippen molar-refractivity contribution in [3.05, 3.63) is 35.9 Å². The Morgan fingerprint density at radius 2 is 1.94 bits per heavy atom. The molecule has 0 aliphatic rings. The standard InChI is InChI=1S/C12H15NO4S/c1-13-11(14)8-18(17)10(12(15)16)7-9-5-3-2-4-6-9/h2-6,10H,7-8H2,1H3,(H,13,14)(H,15,16). The van der Waals surface area contributed by atoms with Crippen molar-refractivity contribution in [3.63, 3.8) is 0 Å². The second kappa shape index (κ2) is 6.90. The van der Waals surface area contributed by atoms with Gasteiger partial charge in [0.1, 0.15) is 11.0 Å². The molecule has 0 aliphatic carbocycles. The number of aliphatic carboxylic acids is 1. The van der Waals surface area contributed by atoms with Gasteiger partial charge in [0.2, 0.25) is 5.91 Å². The predicted octanol–water partition coefficient (Wildman–Crippen LogP) is 0.177. The largest absolute Gasteiger partial charge is 0.480 e. The van der Waals surface area contributed by atoms with Crippen molar-refractivity contribution < 1.29 is 18.9 Å². The molecule has 1 aromatic carbocycles. The van der Waals surface area contributed by atoms with Gasteiger partial charge in [0, 0.05) is 17.8 Å². The maximum Gasteiger partial charge on any atom is 0.319 e. The van der Waals surface area contributed by atoms with Gasteiger partial charge in [0.15, 0.2) is 0 Å². The second-order valence-electron chi connectivity index (χ2n) is 3.71. The van der Waals surface area contributed by atoms with E-state index in [1.165, 1.54) is 7.05 Å². The molecule has 2 N–H and O–H groups in total. The third kappa shape index (κ3) is 4.29. The zero-order chi connectivity index (χ0) is 13.5. The topological polar surface area (TPSA) is 83.5 Å². The maximum absolute atomic E-state index is 11.8. The summed E-state index contributed by atoms with van der Waals surface area (Å²) < 4.78 is 11.8. The van der Waals surface area contributed by atoms with Crippen LogP contribution in [0.3, 0.4) is 0 Å². The van der Waals surface area contributed by atoms with Crippen molar-refractivity contribution in [2.24, 2.45) is 0 Å². The highest BCUT2D eigenvalue weighted by molar-refractivity contribution is 7.87. The van der Waals surface area contributed by atoms with Gasteiger partial charge in [-0.1, -0.05) is 30.3 Å². The molecule has 0 saturated heterocycles. The van der Waals surface area contributed by atoms with Gasteiger partial charge in [0.25, 0.3) is 0 Å². The van der Waals surface area contributed by atoms with Crippen LogP contribution in [-0.4, -0.2) is 39.2 Å². The number of benzene rings is 1. The molecule has 0 spiro atoms. The third-order valence-electron chi connectivity index (χ3n) is 2.41.